The zero-order chi connectivity index (χ0) is 18.8. The Balaban J connectivity index is 0.00000192. The molecule has 2 atom stereocenters. The maximum Gasteiger partial charge on any atom is 0.268 e. The SMILES string of the molecule is Cc1ccccc1S(=O)(=O)n1ccc2c([C@@]34CN[C@H](CN3C)C4)cccc21.Cl. The van der Waals surface area contributed by atoms with E-state index in [0.29, 0.717) is 10.9 Å². The highest BCUT2D eigenvalue weighted by Gasteiger charge is 2.50. The van der Waals surface area contributed by atoms with Crippen molar-refractivity contribution in [1.29, 1.82) is 0 Å². The summed E-state index contributed by atoms with van der Waals surface area (Å²) in [4.78, 5) is 2.77. The van der Waals surface area contributed by atoms with E-state index in [4.69, 9.17) is 0 Å². The standard InChI is InChI=1S/C21H23N3O2S.ClH/c1-15-6-3-4-9-20(15)27(25,26)24-11-10-17-18(7-5-8-19(17)24)21-12-16(22-14-21)13-23(21)2;/h3-11,16,22H,12-14H2,1-2H3;1H/t16-,21+;/m0./s1. The first-order chi connectivity index (χ1) is 12.9. The second kappa shape index (κ2) is 6.59. The van der Waals surface area contributed by atoms with Crippen molar-refractivity contribution in [2.45, 2.75) is 29.8 Å². The number of nitrogens with zero attached hydrogens (tertiary/aromatic N) is 2. The van der Waals surface area contributed by atoms with E-state index >= 15 is 0 Å². The molecule has 0 spiro atoms. The van der Waals surface area contributed by atoms with E-state index in [9.17, 15) is 8.42 Å². The molecule has 2 aromatic carbocycles. The number of hydrogen-bond donors (Lipinski definition) is 1. The summed E-state index contributed by atoms with van der Waals surface area (Å²) >= 11 is 0. The van der Waals surface area contributed by atoms with E-state index in [1.54, 1.807) is 18.3 Å². The van der Waals surface area contributed by atoms with E-state index in [-0.39, 0.29) is 17.9 Å². The number of fused-ring (bicyclic) bond motifs is 3. The van der Waals surface area contributed by atoms with E-state index < -0.39 is 10.0 Å². The minimum Gasteiger partial charge on any atom is -0.310 e. The number of piperazine rings is 1. The molecule has 0 radical (unpaired) electrons. The third kappa shape index (κ3) is 2.55. The highest BCUT2D eigenvalue weighted by atomic mass is 35.5. The maximum atomic E-state index is 13.3. The van der Waals surface area contributed by atoms with Crippen LogP contribution in [0, 0.1) is 6.92 Å². The molecule has 2 aliphatic rings. The van der Waals surface area contributed by atoms with Gasteiger partial charge in [-0.05, 0) is 49.7 Å². The third-order valence-electron chi connectivity index (χ3n) is 6.32. The number of benzene rings is 2. The lowest BCUT2D eigenvalue weighted by Crippen LogP contribution is -2.48. The minimum absolute atomic E-state index is 0. The smallest absolute Gasteiger partial charge is 0.268 e. The molecule has 3 aromatic rings. The second-order valence-electron chi connectivity index (χ2n) is 7.81. The van der Waals surface area contributed by atoms with Crippen LogP contribution in [-0.4, -0.2) is 43.5 Å². The molecule has 2 bridgehead atoms. The summed E-state index contributed by atoms with van der Waals surface area (Å²) < 4.78 is 28.1. The summed E-state index contributed by atoms with van der Waals surface area (Å²) in [6, 6.07) is 15.6. The number of hydrogen-bond acceptors (Lipinski definition) is 4. The molecule has 1 aromatic heterocycles. The molecule has 2 saturated heterocycles. The molecule has 28 heavy (non-hydrogen) atoms. The molecule has 0 saturated carbocycles. The number of likely N-dealkylation sites (tertiary alicyclic amines) is 1. The van der Waals surface area contributed by atoms with Gasteiger partial charge in [0.25, 0.3) is 10.0 Å². The van der Waals surface area contributed by atoms with Gasteiger partial charge in [-0.25, -0.2) is 12.4 Å². The topological polar surface area (TPSA) is 54.3 Å². The van der Waals surface area contributed by atoms with Crippen molar-refractivity contribution in [2.75, 3.05) is 20.1 Å². The van der Waals surface area contributed by atoms with Crippen LogP contribution in [0.25, 0.3) is 10.9 Å². The van der Waals surface area contributed by atoms with Crippen LogP contribution in [0.2, 0.25) is 0 Å². The number of aromatic nitrogens is 1. The van der Waals surface area contributed by atoms with Crippen molar-refractivity contribution in [3.63, 3.8) is 0 Å². The average molecular weight is 418 g/mol. The number of nitrogens with one attached hydrogen (secondary N) is 1. The summed E-state index contributed by atoms with van der Waals surface area (Å²) in [6.07, 6.45) is 2.76. The van der Waals surface area contributed by atoms with Crippen molar-refractivity contribution in [1.82, 2.24) is 14.2 Å². The fourth-order valence-corrected chi connectivity index (χ4v) is 6.49. The summed E-state index contributed by atoms with van der Waals surface area (Å²) in [6.45, 7) is 3.77. The lowest BCUT2D eigenvalue weighted by atomic mass is 9.87. The van der Waals surface area contributed by atoms with Gasteiger partial charge in [-0.15, -0.1) is 12.4 Å². The van der Waals surface area contributed by atoms with Crippen LogP contribution in [-0.2, 0) is 15.6 Å². The summed E-state index contributed by atoms with van der Waals surface area (Å²) in [5, 5.41) is 4.61. The quantitative estimate of drug-likeness (QED) is 0.711. The highest BCUT2D eigenvalue weighted by molar-refractivity contribution is 7.90. The molecule has 0 unspecified atom stereocenters. The van der Waals surface area contributed by atoms with Gasteiger partial charge in [-0.2, -0.15) is 0 Å². The van der Waals surface area contributed by atoms with E-state index in [0.717, 1.165) is 36.0 Å². The van der Waals surface area contributed by atoms with Crippen molar-refractivity contribution in [3.8, 4) is 0 Å². The Morgan fingerprint density at radius 3 is 2.57 bits per heavy atom. The fourth-order valence-electron chi connectivity index (χ4n) is 4.91. The Bertz CT molecular complexity index is 1160. The molecule has 1 N–H and O–H groups in total. The summed E-state index contributed by atoms with van der Waals surface area (Å²) in [7, 11) is -1.47. The predicted molar refractivity (Wildman–Crippen MR) is 114 cm³/mol. The van der Waals surface area contributed by atoms with Gasteiger partial charge in [-0.1, -0.05) is 30.3 Å². The molecule has 0 aliphatic carbocycles. The molecule has 5 nitrogen and oxygen atoms in total. The Hall–Kier alpha value is -1.86. The number of likely N-dealkylation sites (N-methyl/N-ethyl adjacent to an activating group) is 1. The van der Waals surface area contributed by atoms with Crippen molar-refractivity contribution < 1.29 is 8.42 Å². The highest BCUT2D eigenvalue weighted by Crippen LogP contribution is 2.44. The lowest BCUT2D eigenvalue weighted by Gasteiger charge is -2.37. The van der Waals surface area contributed by atoms with Gasteiger partial charge in [0.1, 0.15) is 0 Å². The van der Waals surface area contributed by atoms with Gasteiger partial charge in [0.05, 0.1) is 16.0 Å². The van der Waals surface area contributed by atoms with Crippen molar-refractivity contribution >= 4 is 33.3 Å². The Morgan fingerprint density at radius 2 is 1.89 bits per heavy atom. The first-order valence-corrected chi connectivity index (χ1v) is 10.7. The lowest BCUT2D eigenvalue weighted by molar-refractivity contribution is 0.165. The molecule has 7 heteroatoms. The van der Waals surface area contributed by atoms with Crippen LogP contribution in [0.3, 0.4) is 0 Å². The Morgan fingerprint density at radius 1 is 1.11 bits per heavy atom. The fraction of sp³-hybridized carbons (Fsp3) is 0.333. The van der Waals surface area contributed by atoms with Gasteiger partial charge in [0.2, 0.25) is 0 Å². The van der Waals surface area contributed by atoms with Gasteiger partial charge in [0, 0.05) is 30.7 Å². The van der Waals surface area contributed by atoms with Crippen LogP contribution < -0.4 is 5.32 Å². The number of halogens is 1. The van der Waals surface area contributed by atoms with Crippen molar-refractivity contribution in [2.24, 2.45) is 0 Å². The summed E-state index contributed by atoms with van der Waals surface area (Å²) in [5.74, 6) is 0. The Kier molecular flexibility index (Phi) is 4.58. The number of rotatable bonds is 3. The normalized spacial score (nSPS) is 24.6. The van der Waals surface area contributed by atoms with Crippen LogP contribution in [0.1, 0.15) is 17.5 Å². The molecule has 3 heterocycles. The molecule has 148 valence electrons. The predicted octanol–water partition coefficient (Wildman–Crippen LogP) is 3.11. The second-order valence-corrected chi connectivity index (χ2v) is 9.60. The largest absolute Gasteiger partial charge is 0.310 e. The third-order valence-corrected chi connectivity index (χ3v) is 8.17. The Labute approximate surface area is 171 Å². The first-order valence-electron chi connectivity index (χ1n) is 9.30. The van der Waals surface area contributed by atoms with Crippen LogP contribution in [0.15, 0.2) is 59.6 Å². The zero-order valence-corrected chi connectivity index (χ0v) is 17.6. The molecular formula is C21H24ClN3O2S. The monoisotopic (exact) mass is 417 g/mol. The van der Waals surface area contributed by atoms with Gasteiger partial charge >= 0.3 is 0 Å². The average Bonchev–Trinajstić information content (AvgIpc) is 3.34. The first kappa shape index (κ1) is 19.5. The molecule has 2 fully saturated rings. The van der Waals surface area contributed by atoms with Crippen LogP contribution >= 0.6 is 12.4 Å². The van der Waals surface area contributed by atoms with Crippen LogP contribution in [0.4, 0.5) is 0 Å². The molecule has 5 rings (SSSR count). The zero-order valence-electron chi connectivity index (χ0n) is 15.9. The maximum absolute atomic E-state index is 13.3. The van der Waals surface area contributed by atoms with Gasteiger partial charge in [-0.3, -0.25) is 4.90 Å². The van der Waals surface area contributed by atoms with E-state index in [2.05, 4.69) is 23.3 Å². The van der Waals surface area contributed by atoms with Crippen LogP contribution in [0.5, 0.6) is 0 Å². The van der Waals surface area contributed by atoms with E-state index in [1.165, 1.54) is 9.54 Å². The van der Waals surface area contributed by atoms with Gasteiger partial charge in [0.15, 0.2) is 0 Å². The molecule has 2 aliphatic heterocycles. The summed E-state index contributed by atoms with van der Waals surface area (Å²) in [5.41, 5.74) is 2.66. The van der Waals surface area contributed by atoms with E-state index in [1.807, 2.05) is 37.3 Å². The minimum atomic E-state index is -3.64. The van der Waals surface area contributed by atoms with Crippen molar-refractivity contribution in [3.05, 3.63) is 65.9 Å². The van der Waals surface area contributed by atoms with Gasteiger partial charge < -0.3 is 5.32 Å². The number of aryl methyl sites for hydroxylation is 1. The molecular weight excluding hydrogens is 394 g/mol. The molecule has 0 amide bonds.